The maximum Gasteiger partial charge on any atom is 0.335 e. The molecule has 0 amide bonds. The Bertz CT molecular complexity index is 845. The lowest BCUT2D eigenvalue weighted by Gasteiger charge is -2.61. The third-order valence-electron chi connectivity index (χ3n) is 10.8. The molecule has 32 heavy (non-hydrogen) atoms. The van der Waals surface area contributed by atoms with Gasteiger partial charge in [-0.25, -0.2) is 4.79 Å². The highest BCUT2D eigenvalue weighted by Gasteiger charge is 2.60. The zero-order valence-corrected chi connectivity index (χ0v) is 20.7. The number of hydrogen-bond acceptors (Lipinski definition) is 4. The van der Waals surface area contributed by atoms with Crippen LogP contribution in [0, 0.1) is 34.5 Å². The summed E-state index contributed by atoms with van der Waals surface area (Å²) in [5.41, 5.74) is 1.95. The van der Waals surface area contributed by atoms with Crippen LogP contribution in [-0.2, 0) is 0 Å². The summed E-state index contributed by atoms with van der Waals surface area (Å²) in [4.78, 5) is 13.8. The van der Waals surface area contributed by atoms with Crippen LogP contribution in [-0.4, -0.2) is 38.1 Å². The van der Waals surface area contributed by atoms with Crippen LogP contribution in [0.4, 0.5) is 0 Å². The number of rotatable bonds is 5. The molecule has 1 aromatic rings. The highest BCUT2D eigenvalue weighted by atomic mass is 16.4. The van der Waals surface area contributed by atoms with Gasteiger partial charge in [-0.15, -0.1) is 0 Å². The van der Waals surface area contributed by atoms with Gasteiger partial charge >= 0.3 is 5.63 Å². The van der Waals surface area contributed by atoms with Gasteiger partial charge in [0, 0.05) is 25.2 Å². The van der Waals surface area contributed by atoms with Gasteiger partial charge in [0.25, 0.3) is 0 Å². The summed E-state index contributed by atoms with van der Waals surface area (Å²) in [5, 5.41) is 3.87. The number of likely N-dealkylation sites (N-methyl/N-ethyl adjacent to an activating group) is 1. The molecule has 5 rings (SSSR count). The Hall–Kier alpha value is -1.13. The van der Waals surface area contributed by atoms with Crippen molar-refractivity contribution in [2.45, 2.75) is 83.6 Å². The molecule has 0 spiro atoms. The lowest BCUT2D eigenvalue weighted by Crippen LogP contribution is -2.55. The smallest absolute Gasteiger partial charge is 0.335 e. The van der Waals surface area contributed by atoms with Gasteiger partial charge in [0.05, 0.1) is 6.26 Å². The van der Waals surface area contributed by atoms with E-state index in [0.717, 1.165) is 42.8 Å². The van der Waals surface area contributed by atoms with E-state index < -0.39 is 0 Å². The zero-order valence-electron chi connectivity index (χ0n) is 20.7. The molecule has 1 heterocycles. The third-order valence-corrected chi connectivity index (χ3v) is 10.8. The largest absolute Gasteiger partial charge is 0.431 e. The topological polar surface area (TPSA) is 45.5 Å². The van der Waals surface area contributed by atoms with E-state index in [4.69, 9.17) is 4.42 Å². The van der Waals surface area contributed by atoms with Crippen molar-refractivity contribution in [1.82, 2.24) is 10.2 Å². The van der Waals surface area contributed by atoms with Gasteiger partial charge in [-0.1, -0.05) is 13.8 Å². The van der Waals surface area contributed by atoms with Crippen molar-refractivity contribution in [3.05, 3.63) is 34.4 Å². The van der Waals surface area contributed by atoms with Crippen LogP contribution in [0.2, 0.25) is 0 Å². The molecule has 8 atom stereocenters. The fraction of sp³-hybridized carbons (Fsp3) is 0.821. The first kappa shape index (κ1) is 22.7. The van der Waals surface area contributed by atoms with Gasteiger partial charge in [0.1, 0.15) is 0 Å². The molecule has 4 saturated carbocycles. The van der Waals surface area contributed by atoms with E-state index in [1.807, 2.05) is 6.07 Å². The monoisotopic (exact) mass is 440 g/mol. The second-order valence-corrected chi connectivity index (χ2v) is 12.4. The van der Waals surface area contributed by atoms with Crippen molar-refractivity contribution in [2.75, 3.05) is 27.2 Å². The molecule has 0 bridgehead atoms. The van der Waals surface area contributed by atoms with E-state index in [1.165, 1.54) is 63.4 Å². The Morgan fingerprint density at radius 3 is 2.53 bits per heavy atom. The molecular weight excluding hydrogens is 396 g/mol. The van der Waals surface area contributed by atoms with Crippen LogP contribution in [0.25, 0.3) is 0 Å². The Labute approximate surface area is 194 Å². The maximum atomic E-state index is 11.5. The minimum absolute atomic E-state index is 0.227. The summed E-state index contributed by atoms with van der Waals surface area (Å²) in [6, 6.07) is 4.38. The maximum absolute atomic E-state index is 11.5. The molecule has 0 saturated heterocycles. The van der Waals surface area contributed by atoms with Crippen molar-refractivity contribution >= 4 is 0 Å². The van der Waals surface area contributed by atoms with E-state index in [2.05, 4.69) is 38.2 Å². The molecule has 4 heteroatoms. The van der Waals surface area contributed by atoms with Gasteiger partial charge in [0.15, 0.2) is 0 Å². The van der Waals surface area contributed by atoms with Gasteiger partial charge in [-0.2, -0.15) is 0 Å². The number of nitrogens with zero attached hydrogens (tertiary/aromatic N) is 1. The van der Waals surface area contributed by atoms with Gasteiger partial charge in [0.2, 0.25) is 0 Å². The summed E-state index contributed by atoms with van der Waals surface area (Å²) in [5.74, 6) is 4.11. The van der Waals surface area contributed by atoms with E-state index in [-0.39, 0.29) is 5.63 Å². The zero-order chi connectivity index (χ0) is 22.5. The SMILES string of the molecule is CN(C)CCNC1CCC2(C)C(CCC3C2CCC2(C)C(c4ccc(=O)oc4)CCC32)C1. The number of hydrogen-bond donors (Lipinski definition) is 1. The minimum atomic E-state index is -0.227. The molecule has 4 aliphatic rings. The summed E-state index contributed by atoms with van der Waals surface area (Å²) >= 11 is 0. The van der Waals surface area contributed by atoms with Crippen LogP contribution in [0.15, 0.2) is 27.6 Å². The standard InChI is InChI=1S/C28H44N2O2/c1-27-13-11-21(29-15-16-30(3)4)17-20(27)6-7-22-24-9-8-23(19-5-10-26(31)32-18-19)28(24,2)14-12-25(22)27/h5,10,18,20-25,29H,6-9,11-17H2,1-4H3. The summed E-state index contributed by atoms with van der Waals surface area (Å²) < 4.78 is 5.28. The fourth-order valence-electron chi connectivity index (χ4n) is 9.05. The molecule has 0 aliphatic heterocycles. The van der Waals surface area contributed by atoms with Gasteiger partial charge in [-0.05, 0) is 124 Å². The molecule has 4 aliphatic carbocycles. The van der Waals surface area contributed by atoms with Crippen molar-refractivity contribution in [3.8, 4) is 0 Å². The molecule has 4 nitrogen and oxygen atoms in total. The first-order chi connectivity index (χ1) is 15.3. The second kappa shape index (κ2) is 8.58. The Morgan fingerprint density at radius 1 is 1.00 bits per heavy atom. The predicted molar refractivity (Wildman–Crippen MR) is 130 cm³/mol. The highest BCUT2D eigenvalue weighted by Crippen LogP contribution is 2.68. The quantitative estimate of drug-likeness (QED) is 0.676. The molecule has 1 aromatic heterocycles. The van der Waals surface area contributed by atoms with Crippen molar-refractivity contribution in [1.29, 1.82) is 0 Å². The molecule has 1 N–H and O–H groups in total. The third kappa shape index (κ3) is 3.79. The van der Waals surface area contributed by atoms with Crippen molar-refractivity contribution in [3.63, 3.8) is 0 Å². The van der Waals surface area contributed by atoms with E-state index in [9.17, 15) is 4.79 Å². The number of fused-ring (bicyclic) bond motifs is 5. The van der Waals surface area contributed by atoms with E-state index in [0.29, 0.717) is 16.7 Å². The second-order valence-electron chi connectivity index (χ2n) is 12.4. The summed E-state index contributed by atoms with van der Waals surface area (Å²) in [6.07, 6.45) is 14.1. The molecule has 178 valence electrons. The van der Waals surface area contributed by atoms with Crippen molar-refractivity contribution in [2.24, 2.45) is 34.5 Å². The average molecular weight is 441 g/mol. The lowest BCUT2D eigenvalue weighted by molar-refractivity contribution is -0.110. The normalized spacial score (nSPS) is 43.5. The van der Waals surface area contributed by atoms with Crippen LogP contribution >= 0.6 is 0 Å². The van der Waals surface area contributed by atoms with Crippen LogP contribution in [0.3, 0.4) is 0 Å². The van der Waals surface area contributed by atoms with Crippen LogP contribution in [0.1, 0.15) is 83.1 Å². The summed E-state index contributed by atoms with van der Waals surface area (Å²) in [6.45, 7) is 7.49. The molecule has 0 aromatic carbocycles. The first-order valence-corrected chi connectivity index (χ1v) is 13.3. The summed E-state index contributed by atoms with van der Waals surface area (Å²) in [7, 11) is 4.33. The fourth-order valence-corrected chi connectivity index (χ4v) is 9.05. The Kier molecular flexibility index (Phi) is 6.07. The Balaban J connectivity index is 1.29. The first-order valence-electron chi connectivity index (χ1n) is 13.3. The van der Waals surface area contributed by atoms with Crippen molar-refractivity contribution < 1.29 is 4.42 Å². The molecule has 0 radical (unpaired) electrons. The van der Waals surface area contributed by atoms with Crippen LogP contribution in [0.5, 0.6) is 0 Å². The van der Waals surface area contributed by atoms with Gasteiger partial charge < -0.3 is 14.6 Å². The van der Waals surface area contributed by atoms with Crippen LogP contribution < -0.4 is 10.9 Å². The van der Waals surface area contributed by atoms with E-state index in [1.54, 1.807) is 12.3 Å². The Morgan fingerprint density at radius 2 is 1.78 bits per heavy atom. The minimum Gasteiger partial charge on any atom is -0.431 e. The highest BCUT2D eigenvalue weighted by molar-refractivity contribution is 5.22. The lowest BCUT2D eigenvalue weighted by atomic mass is 9.44. The average Bonchev–Trinajstić information content (AvgIpc) is 3.11. The molecular formula is C28H44N2O2. The molecule has 4 fully saturated rings. The molecule has 8 unspecified atom stereocenters. The number of nitrogens with one attached hydrogen (secondary N) is 1. The predicted octanol–water partition coefficient (Wildman–Crippen LogP) is 5.29. The van der Waals surface area contributed by atoms with Gasteiger partial charge in [-0.3, -0.25) is 0 Å². The van der Waals surface area contributed by atoms with E-state index >= 15 is 0 Å².